The van der Waals surface area contributed by atoms with Gasteiger partial charge in [-0.25, -0.2) is 0 Å². The molecule has 6 heteroatoms. The van der Waals surface area contributed by atoms with Crippen molar-refractivity contribution in [3.05, 3.63) is 71.1 Å². The van der Waals surface area contributed by atoms with E-state index in [-0.39, 0.29) is 6.04 Å². The molecule has 0 aliphatic rings. The van der Waals surface area contributed by atoms with Gasteiger partial charge in [0.2, 0.25) is 0 Å². The van der Waals surface area contributed by atoms with Crippen molar-refractivity contribution in [2.75, 3.05) is 14.1 Å². The van der Waals surface area contributed by atoms with Gasteiger partial charge in [-0.3, -0.25) is 0 Å². The molecule has 3 nitrogen and oxygen atoms in total. The van der Waals surface area contributed by atoms with Crippen LogP contribution in [0, 0.1) is 0 Å². The van der Waals surface area contributed by atoms with Crippen LogP contribution in [0.15, 0.2) is 64.2 Å². The van der Waals surface area contributed by atoms with E-state index in [0.717, 1.165) is 21.2 Å². The normalized spacial score (nSPS) is 11.9. The van der Waals surface area contributed by atoms with Crippen molar-refractivity contribution in [3.63, 3.8) is 0 Å². The van der Waals surface area contributed by atoms with E-state index in [1.54, 1.807) is 17.8 Å². The predicted molar refractivity (Wildman–Crippen MR) is 109 cm³/mol. The van der Waals surface area contributed by atoms with Crippen LogP contribution in [-0.4, -0.2) is 18.8 Å². The average Bonchev–Trinajstić information content (AvgIpc) is 2.66. The second kappa shape index (κ2) is 10.1. The van der Waals surface area contributed by atoms with E-state index in [4.69, 9.17) is 5.73 Å². The van der Waals surface area contributed by atoms with Crippen molar-refractivity contribution in [3.8, 4) is 0 Å². The molecule has 0 bridgehead atoms. The molecule has 0 heterocycles. The molecule has 0 amide bonds. The zero-order chi connectivity index (χ0) is 20.0. The van der Waals surface area contributed by atoms with Crippen LogP contribution in [0.5, 0.6) is 0 Å². The van der Waals surface area contributed by atoms with Crippen LogP contribution in [0.25, 0.3) is 0 Å². The molecule has 27 heavy (non-hydrogen) atoms. The number of hydrogen-bond donors (Lipinski definition) is 3. The van der Waals surface area contributed by atoms with E-state index >= 15 is 0 Å². The molecular formula is C21H26FFeN3S. The topological polar surface area (TPSA) is 50.1 Å². The molecule has 146 valence electrons. The van der Waals surface area contributed by atoms with Gasteiger partial charge in [-0.2, -0.15) is 0 Å². The molecular weight excluding hydrogens is 401 g/mol. The zero-order valence-electron chi connectivity index (χ0n) is 16.0. The van der Waals surface area contributed by atoms with Gasteiger partial charge in [0.25, 0.3) is 0 Å². The summed E-state index contributed by atoms with van der Waals surface area (Å²) in [7, 11) is 3.63. The molecule has 1 atom stereocenters. The monoisotopic (exact) mass is 427 g/mol. The van der Waals surface area contributed by atoms with Gasteiger partial charge < -0.3 is 0 Å². The van der Waals surface area contributed by atoms with Gasteiger partial charge in [-0.15, -0.1) is 0 Å². The van der Waals surface area contributed by atoms with Crippen LogP contribution < -0.4 is 16.4 Å². The summed E-state index contributed by atoms with van der Waals surface area (Å²) in [4.78, 5) is 1.96. The van der Waals surface area contributed by atoms with Crippen molar-refractivity contribution >= 4 is 16.4 Å². The summed E-state index contributed by atoms with van der Waals surface area (Å²) in [5.41, 5.74) is 8.82. The van der Waals surface area contributed by atoms with Crippen LogP contribution in [-0.2, 0) is 15.6 Å². The minimum atomic E-state index is -0.458. The molecule has 2 rings (SSSR count). The summed E-state index contributed by atoms with van der Waals surface area (Å²) in [6, 6.07) is 13.5. The van der Waals surface area contributed by atoms with Gasteiger partial charge in [0, 0.05) is 0 Å². The number of halogens is 1. The van der Waals surface area contributed by atoms with Gasteiger partial charge in [-0.1, -0.05) is 0 Å². The fraction of sp³-hybridized carbons (Fsp3) is 0.286. The van der Waals surface area contributed by atoms with Gasteiger partial charge in [0.15, 0.2) is 0 Å². The first-order valence-electron chi connectivity index (χ1n) is 8.78. The van der Waals surface area contributed by atoms with E-state index in [0.29, 0.717) is 11.5 Å². The van der Waals surface area contributed by atoms with Crippen molar-refractivity contribution < 1.29 is 20.0 Å². The third-order valence-corrected chi connectivity index (χ3v) is 5.70. The van der Waals surface area contributed by atoms with Crippen molar-refractivity contribution in [2.45, 2.75) is 35.6 Å². The number of hydrogen-bond acceptors (Lipinski definition) is 4. The fourth-order valence-electron chi connectivity index (χ4n) is 2.72. The van der Waals surface area contributed by atoms with Gasteiger partial charge in [0.05, 0.1) is 0 Å². The third kappa shape index (κ3) is 5.69. The van der Waals surface area contributed by atoms with E-state index in [1.165, 1.54) is 5.56 Å². The van der Waals surface area contributed by atoms with E-state index < -0.39 is 4.67 Å². The molecule has 0 saturated heterocycles. The Bertz CT molecular complexity index is 830. The van der Waals surface area contributed by atoms with Crippen LogP contribution >= 0.6 is 11.8 Å². The summed E-state index contributed by atoms with van der Waals surface area (Å²) >= 11 is 5.08. The Morgan fingerprint density at radius 3 is 2.37 bits per heavy atom. The molecule has 0 aliphatic carbocycles. The predicted octanol–water partition coefficient (Wildman–Crippen LogP) is 4.24. The van der Waals surface area contributed by atoms with Crippen molar-refractivity contribution in [2.24, 2.45) is 5.73 Å². The summed E-state index contributed by atoms with van der Waals surface area (Å²) in [6.07, 6.45) is 1.86. The standard InChI is InChI=1S/C21H26FN3S.Fe/c1-14(2)17-7-5-6-8-20(17)26-19-10-9-15(11-16(19)13-22)18(23)12-21(24-3)25-4;/h5-12,14,18,24-25H,23H2,1-4H3;. The van der Waals surface area contributed by atoms with E-state index in [9.17, 15) is 4.39 Å². The molecule has 0 spiro atoms. The Morgan fingerprint density at radius 2 is 1.78 bits per heavy atom. The molecule has 0 aromatic heterocycles. The number of nitrogens with one attached hydrogen (secondary N) is 2. The second-order valence-electron chi connectivity index (χ2n) is 6.41. The summed E-state index contributed by atoms with van der Waals surface area (Å²) in [5, 5.41) is 6.05. The van der Waals surface area contributed by atoms with Crippen molar-refractivity contribution in [1.82, 2.24) is 10.6 Å². The van der Waals surface area contributed by atoms with Gasteiger partial charge >= 0.3 is 174 Å². The van der Waals surface area contributed by atoms with Crippen LogP contribution in [0.2, 0.25) is 0 Å². The first-order chi connectivity index (χ1) is 12.9. The van der Waals surface area contributed by atoms with Gasteiger partial charge in [-0.05, 0) is 0 Å². The Morgan fingerprint density at radius 1 is 1.11 bits per heavy atom. The number of benzene rings is 2. The Labute approximate surface area is 173 Å². The summed E-state index contributed by atoms with van der Waals surface area (Å²) in [6.45, 7) is 4.31. The third-order valence-electron chi connectivity index (χ3n) is 4.23. The fourth-order valence-corrected chi connectivity index (χ4v) is 4.24. The summed E-state index contributed by atoms with van der Waals surface area (Å²) < 4.78 is 13.7. The zero-order valence-corrected chi connectivity index (χ0v) is 17.9. The minimum absolute atomic E-state index is 0.361. The molecule has 0 aliphatic heterocycles. The Balaban J connectivity index is 2.40. The summed E-state index contributed by atoms with van der Waals surface area (Å²) in [5.74, 6) is 1.21. The number of nitrogens with two attached hydrogens (primary N) is 1. The van der Waals surface area contributed by atoms with Gasteiger partial charge in [0.1, 0.15) is 0 Å². The number of rotatable bonds is 8. The molecule has 0 fully saturated rings. The molecule has 0 radical (unpaired) electrons. The molecule has 0 saturated carbocycles. The quantitative estimate of drug-likeness (QED) is 0.552. The van der Waals surface area contributed by atoms with Crippen LogP contribution in [0.3, 0.4) is 0 Å². The maximum absolute atomic E-state index is 14.2. The molecule has 2 aromatic rings. The Hall–Kier alpha value is -1.59. The maximum atomic E-state index is 14.2. The molecule has 4 N–H and O–H groups in total. The van der Waals surface area contributed by atoms with E-state index in [2.05, 4.69) is 52.2 Å². The van der Waals surface area contributed by atoms with Crippen molar-refractivity contribution in [1.29, 1.82) is 0 Å². The second-order valence-corrected chi connectivity index (χ2v) is 7.97. The SMILES string of the molecule is CNC(=CC(N)c1ccc(Sc2ccccc2C(C)C)c([C](F)=[Fe])c1)NC. The van der Waals surface area contributed by atoms with Crippen LogP contribution in [0.4, 0.5) is 4.39 Å². The first kappa shape index (κ1) is 21.7. The van der Waals surface area contributed by atoms with E-state index in [1.807, 2.05) is 44.4 Å². The molecule has 2 aromatic carbocycles. The molecule has 1 unspecified atom stereocenters. The first-order valence-corrected chi connectivity index (χ1v) is 10.1. The van der Waals surface area contributed by atoms with Crippen LogP contribution in [0.1, 0.15) is 42.5 Å². The average molecular weight is 427 g/mol. The Kier molecular flexibility index (Phi) is 8.11.